The predicted molar refractivity (Wildman–Crippen MR) is 117 cm³/mol. The SMILES string of the molecule is COc1ccc2c(c1)[C@H](NC(=O)/C=C/c1ccc(C(C)(C)C)cc1)CC(C)(C)O2. The highest BCUT2D eigenvalue weighted by molar-refractivity contribution is 5.92. The summed E-state index contributed by atoms with van der Waals surface area (Å²) in [7, 11) is 1.64. The maximum Gasteiger partial charge on any atom is 0.244 e. The van der Waals surface area contributed by atoms with Crippen molar-refractivity contribution in [3.8, 4) is 11.5 Å². The lowest BCUT2D eigenvalue weighted by molar-refractivity contribution is -0.117. The van der Waals surface area contributed by atoms with Crippen LogP contribution in [-0.4, -0.2) is 18.6 Å². The van der Waals surface area contributed by atoms with Crippen molar-refractivity contribution in [2.75, 3.05) is 7.11 Å². The lowest BCUT2D eigenvalue weighted by Gasteiger charge is -2.37. The first-order chi connectivity index (χ1) is 13.6. The van der Waals surface area contributed by atoms with Gasteiger partial charge in [0.2, 0.25) is 5.91 Å². The van der Waals surface area contributed by atoms with Crippen LogP contribution in [0, 0.1) is 0 Å². The van der Waals surface area contributed by atoms with E-state index >= 15 is 0 Å². The van der Waals surface area contributed by atoms with Gasteiger partial charge < -0.3 is 14.8 Å². The van der Waals surface area contributed by atoms with Crippen LogP contribution in [0.2, 0.25) is 0 Å². The second-order valence-corrected chi connectivity index (χ2v) is 9.24. The van der Waals surface area contributed by atoms with E-state index in [0.29, 0.717) is 6.42 Å². The molecule has 0 radical (unpaired) electrons. The summed E-state index contributed by atoms with van der Waals surface area (Å²) in [5.41, 5.74) is 2.98. The van der Waals surface area contributed by atoms with Gasteiger partial charge in [-0.15, -0.1) is 0 Å². The lowest BCUT2D eigenvalue weighted by atomic mass is 9.87. The molecular weight excluding hydrogens is 362 g/mol. The Morgan fingerprint density at radius 3 is 2.48 bits per heavy atom. The highest BCUT2D eigenvalue weighted by atomic mass is 16.5. The summed E-state index contributed by atoms with van der Waals surface area (Å²) in [6.45, 7) is 10.6. The van der Waals surface area contributed by atoms with Crippen LogP contribution in [0.5, 0.6) is 11.5 Å². The van der Waals surface area contributed by atoms with Gasteiger partial charge >= 0.3 is 0 Å². The normalized spacial score (nSPS) is 18.1. The van der Waals surface area contributed by atoms with Gasteiger partial charge in [-0.05, 0) is 54.7 Å². The molecule has 0 spiro atoms. The van der Waals surface area contributed by atoms with E-state index < -0.39 is 0 Å². The topological polar surface area (TPSA) is 47.6 Å². The third kappa shape index (κ3) is 5.20. The Bertz CT molecular complexity index is 905. The molecule has 0 aromatic heterocycles. The van der Waals surface area contributed by atoms with Crippen LogP contribution in [0.15, 0.2) is 48.5 Å². The number of methoxy groups -OCH3 is 1. The molecule has 0 unspecified atom stereocenters. The molecule has 0 saturated carbocycles. The van der Waals surface area contributed by atoms with E-state index in [9.17, 15) is 4.79 Å². The molecule has 2 aromatic rings. The zero-order valence-electron chi connectivity index (χ0n) is 18.2. The summed E-state index contributed by atoms with van der Waals surface area (Å²) in [5, 5.41) is 3.13. The maximum atomic E-state index is 12.6. The van der Waals surface area contributed by atoms with Crippen molar-refractivity contribution < 1.29 is 14.3 Å². The van der Waals surface area contributed by atoms with Crippen LogP contribution in [0.4, 0.5) is 0 Å². The third-order valence-electron chi connectivity index (χ3n) is 5.19. The summed E-state index contributed by atoms with van der Waals surface area (Å²) in [5.74, 6) is 1.41. The molecule has 1 aliphatic rings. The van der Waals surface area contributed by atoms with Gasteiger partial charge in [0.05, 0.1) is 13.2 Å². The highest BCUT2D eigenvalue weighted by Gasteiger charge is 2.34. The molecule has 2 aromatic carbocycles. The average Bonchev–Trinajstić information content (AvgIpc) is 2.65. The zero-order valence-corrected chi connectivity index (χ0v) is 18.2. The first-order valence-electron chi connectivity index (χ1n) is 10.0. The molecule has 4 heteroatoms. The average molecular weight is 394 g/mol. The van der Waals surface area contributed by atoms with Crippen molar-refractivity contribution in [1.29, 1.82) is 0 Å². The van der Waals surface area contributed by atoms with Gasteiger partial charge in [0.25, 0.3) is 0 Å². The summed E-state index contributed by atoms with van der Waals surface area (Å²) < 4.78 is 11.4. The molecule has 0 aliphatic carbocycles. The molecule has 3 rings (SSSR count). The number of rotatable bonds is 4. The summed E-state index contributed by atoms with van der Waals surface area (Å²) >= 11 is 0. The molecule has 29 heavy (non-hydrogen) atoms. The fourth-order valence-corrected chi connectivity index (χ4v) is 3.57. The molecule has 0 bridgehead atoms. The van der Waals surface area contributed by atoms with Crippen LogP contribution in [-0.2, 0) is 10.2 Å². The van der Waals surface area contributed by atoms with Gasteiger partial charge in [0, 0.05) is 18.1 Å². The molecular formula is C25H31NO3. The Morgan fingerprint density at radius 1 is 1.17 bits per heavy atom. The van der Waals surface area contributed by atoms with Crippen molar-refractivity contribution in [2.24, 2.45) is 0 Å². The molecule has 0 saturated heterocycles. The van der Waals surface area contributed by atoms with Gasteiger partial charge in [0.1, 0.15) is 17.1 Å². The fourth-order valence-electron chi connectivity index (χ4n) is 3.57. The number of hydrogen-bond acceptors (Lipinski definition) is 3. The first-order valence-corrected chi connectivity index (χ1v) is 10.0. The quantitative estimate of drug-likeness (QED) is 0.705. The molecule has 0 fully saturated rings. The number of amides is 1. The molecule has 154 valence electrons. The maximum absolute atomic E-state index is 12.6. The Hall–Kier alpha value is -2.75. The van der Waals surface area contributed by atoms with E-state index in [0.717, 1.165) is 22.6 Å². The minimum Gasteiger partial charge on any atom is -0.497 e. The van der Waals surface area contributed by atoms with E-state index in [4.69, 9.17) is 9.47 Å². The summed E-state index contributed by atoms with van der Waals surface area (Å²) in [4.78, 5) is 12.6. The Labute approximate surface area is 173 Å². The number of benzene rings is 2. The summed E-state index contributed by atoms with van der Waals surface area (Å²) in [6, 6.07) is 13.9. The largest absolute Gasteiger partial charge is 0.497 e. The van der Waals surface area contributed by atoms with Gasteiger partial charge in [-0.25, -0.2) is 0 Å². The van der Waals surface area contributed by atoms with E-state index in [2.05, 4.69) is 38.2 Å². The third-order valence-corrected chi connectivity index (χ3v) is 5.19. The van der Waals surface area contributed by atoms with E-state index in [1.807, 2.05) is 50.3 Å². The van der Waals surface area contributed by atoms with Crippen LogP contribution < -0.4 is 14.8 Å². The number of ether oxygens (including phenoxy) is 2. The van der Waals surface area contributed by atoms with Crippen molar-refractivity contribution in [3.05, 3.63) is 65.2 Å². The van der Waals surface area contributed by atoms with Gasteiger partial charge in [-0.2, -0.15) is 0 Å². The van der Waals surface area contributed by atoms with Gasteiger partial charge in [-0.1, -0.05) is 45.0 Å². The van der Waals surface area contributed by atoms with Gasteiger partial charge in [0.15, 0.2) is 0 Å². The van der Waals surface area contributed by atoms with Crippen LogP contribution in [0.25, 0.3) is 6.08 Å². The van der Waals surface area contributed by atoms with Crippen molar-refractivity contribution in [3.63, 3.8) is 0 Å². The molecule has 4 nitrogen and oxygen atoms in total. The fraction of sp³-hybridized carbons (Fsp3) is 0.400. The zero-order chi connectivity index (χ0) is 21.2. The van der Waals surface area contributed by atoms with Crippen molar-refractivity contribution >= 4 is 12.0 Å². The minimum atomic E-state index is -0.355. The van der Waals surface area contributed by atoms with E-state index in [1.165, 1.54) is 5.56 Å². The second-order valence-electron chi connectivity index (χ2n) is 9.24. The van der Waals surface area contributed by atoms with E-state index in [-0.39, 0.29) is 23.0 Å². The first kappa shape index (κ1) is 21.0. The minimum absolute atomic E-state index is 0.115. The standard InChI is InChI=1S/C25H31NO3/c1-24(2,3)18-10-7-17(8-11-18)9-14-23(27)26-21-16-25(4,5)29-22-13-12-19(28-6)15-20(21)22/h7-15,21H,16H2,1-6H3,(H,26,27)/b14-9+/t21-/m1/s1. The van der Waals surface area contributed by atoms with Crippen molar-refractivity contribution in [2.45, 2.75) is 58.1 Å². The molecule has 1 amide bonds. The highest BCUT2D eigenvalue weighted by Crippen LogP contribution is 2.41. The number of fused-ring (bicyclic) bond motifs is 1. The van der Waals surface area contributed by atoms with Crippen LogP contribution in [0.3, 0.4) is 0 Å². The Morgan fingerprint density at radius 2 is 1.86 bits per heavy atom. The van der Waals surface area contributed by atoms with Crippen molar-refractivity contribution in [1.82, 2.24) is 5.32 Å². The number of carbonyl (C=O) groups excluding carboxylic acids is 1. The van der Waals surface area contributed by atoms with Crippen LogP contribution >= 0.6 is 0 Å². The molecule has 1 aliphatic heterocycles. The van der Waals surface area contributed by atoms with Gasteiger partial charge in [-0.3, -0.25) is 4.79 Å². The number of hydrogen-bond donors (Lipinski definition) is 1. The van der Waals surface area contributed by atoms with E-state index in [1.54, 1.807) is 13.2 Å². The smallest absolute Gasteiger partial charge is 0.244 e. The summed E-state index contributed by atoms with van der Waals surface area (Å²) in [6.07, 6.45) is 4.13. The molecule has 1 atom stereocenters. The number of carbonyl (C=O) groups is 1. The Kier molecular flexibility index (Phi) is 5.74. The molecule has 1 N–H and O–H groups in total. The lowest BCUT2D eigenvalue weighted by Crippen LogP contribution is -2.40. The predicted octanol–water partition coefficient (Wildman–Crippen LogP) is 5.42. The Balaban J connectivity index is 1.74. The number of nitrogens with one attached hydrogen (secondary N) is 1. The second kappa shape index (κ2) is 7.94. The monoisotopic (exact) mass is 393 g/mol. The molecule has 1 heterocycles. The van der Waals surface area contributed by atoms with Crippen LogP contribution in [0.1, 0.15) is 63.8 Å².